The Labute approximate surface area is 205 Å². The lowest BCUT2D eigenvalue weighted by Gasteiger charge is -2.41. The van der Waals surface area contributed by atoms with Gasteiger partial charge in [-0.05, 0) is 54.5 Å². The number of amides is 2. The van der Waals surface area contributed by atoms with E-state index in [1.165, 1.54) is 12.0 Å². The van der Waals surface area contributed by atoms with Crippen LogP contribution >= 0.6 is 0 Å². The Balaban J connectivity index is 1.80. The van der Waals surface area contributed by atoms with E-state index in [0.29, 0.717) is 28.6 Å². The number of carbonyl (C=O) groups excluding carboxylic acids is 2. The molecular weight excluding hydrogens is 444 g/mol. The maximum atomic E-state index is 14.0. The van der Waals surface area contributed by atoms with Crippen LogP contribution in [0, 0.1) is 0 Å². The number of piperazine rings is 1. The molecule has 0 aromatic heterocycles. The van der Waals surface area contributed by atoms with Gasteiger partial charge < -0.3 is 14.2 Å². The number of benzene rings is 3. The van der Waals surface area contributed by atoms with Crippen LogP contribution in [0.5, 0.6) is 17.2 Å². The molecule has 1 aliphatic rings. The van der Waals surface area contributed by atoms with Crippen LogP contribution in [0.1, 0.15) is 12.5 Å². The minimum absolute atomic E-state index is 0.122. The molecule has 3 aromatic carbocycles. The predicted octanol–water partition coefficient (Wildman–Crippen LogP) is 4.56. The zero-order chi connectivity index (χ0) is 24.9. The van der Waals surface area contributed by atoms with Crippen LogP contribution in [-0.2, 0) is 9.59 Å². The fraction of sp³-hybridized carbons (Fsp3) is 0.214. The van der Waals surface area contributed by atoms with E-state index in [9.17, 15) is 9.59 Å². The summed E-state index contributed by atoms with van der Waals surface area (Å²) in [6.07, 6.45) is 1.93. The van der Waals surface area contributed by atoms with E-state index >= 15 is 0 Å². The maximum Gasteiger partial charge on any atom is 0.255 e. The molecule has 7 nitrogen and oxygen atoms in total. The molecule has 2 amide bonds. The van der Waals surface area contributed by atoms with Crippen LogP contribution in [0.4, 0.5) is 11.4 Å². The van der Waals surface area contributed by atoms with Crippen molar-refractivity contribution in [3.63, 3.8) is 0 Å². The van der Waals surface area contributed by atoms with E-state index in [1.807, 2.05) is 43.3 Å². The normalized spacial score (nSPS) is 16.3. The van der Waals surface area contributed by atoms with Crippen LogP contribution in [0.15, 0.2) is 78.4 Å². The average molecular weight is 473 g/mol. The Kier molecular flexibility index (Phi) is 7.06. The first-order valence-electron chi connectivity index (χ1n) is 11.2. The van der Waals surface area contributed by atoms with Gasteiger partial charge in [-0.1, -0.05) is 36.4 Å². The van der Waals surface area contributed by atoms with Gasteiger partial charge in [0.05, 0.1) is 27.0 Å². The Hall–Kier alpha value is -4.26. The molecule has 180 valence electrons. The molecule has 0 bridgehead atoms. The second kappa shape index (κ2) is 10.3. The second-order valence-electron chi connectivity index (χ2n) is 8.13. The van der Waals surface area contributed by atoms with Crippen LogP contribution in [0.25, 0.3) is 6.08 Å². The average Bonchev–Trinajstić information content (AvgIpc) is 2.89. The number of hydrogen-bond donors (Lipinski definition) is 0. The summed E-state index contributed by atoms with van der Waals surface area (Å²) < 4.78 is 16.1. The van der Waals surface area contributed by atoms with Crippen molar-refractivity contribution in [2.75, 3.05) is 37.7 Å². The summed E-state index contributed by atoms with van der Waals surface area (Å²) in [5.41, 5.74) is 2.82. The van der Waals surface area contributed by atoms with E-state index < -0.39 is 6.04 Å². The molecule has 7 heteroatoms. The number of hydrogen-bond acceptors (Lipinski definition) is 5. The highest BCUT2D eigenvalue weighted by Gasteiger charge is 2.42. The van der Waals surface area contributed by atoms with Crippen LogP contribution in [0.3, 0.4) is 0 Å². The standard InChI is InChI=1S/C28H28N2O5/c1-19(16-20-8-6-5-7-9-20)27-28(32)29(24-15-14-23(34-3)17-25(24)35-4)18-26(31)30(27)21-10-12-22(33-2)13-11-21/h5-17,27H,18H2,1-4H3/b19-16+/t27-/m1/s1. The van der Waals surface area contributed by atoms with Gasteiger partial charge in [0.15, 0.2) is 0 Å². The first-order valence-corrected chi connectivity index (χ1v) is 11.2. The van der Waals surface area contributed by atoms with E-state index in [1.54, 1.807) is 61.6 Å². The minimum atomic E-state index is -0.836. The van der Waals surface area contributed by atoms with E-state index in [4.69, 9.17) is 14.2 Å². The van der Waals surface area contributed by atoms with Crippen molar-refractivity contribution in [1.82, 2.24) is 0 Å². The smallest absolute Gasteiger partial charge is 0.255 e. The van der Waals surface area contributed by atoms with Gasteiger partial charge in [0.2, 0.25) is 5.91 Å². The van der Waals surface area contributed by atoms with Gasteiger partial charge in [-0.15, -0.1) is 0 Å². The number of carbonyl (C=O) groups is 2. The highest BCUT2D eigenvalue weighted by molar-refractivity contribution is 6.16. The van der Waals surface area contributed by atoms with Crippen LogP contribution < -0.4 is 24.0 Å². The highest BCUT2D eigenvalue weighted by Crippen LogP contribution is 2.36. The van der Waals surface area contributed by atoms with E-state index in [2.05, 4.69) is 0 Å². The quantitative estimate of drug-likeness (QED) is 0.504. The summed E-state index contributed by atoms with van der Waals surface area (Å²) in [6.45, 7) is 1.75. The van der Waals surface area contributed by atoms with Crippen LogP contribution in [-0.4, -0.2) is 45.7 Å². The lowest BCUT2D eigenvalue weighted by atomic mass is 9.98. The topological polar surface area (TPSA) is 68.3 Å². The largest absolute Gasteiger partial charge is 0.497 e. The van der Waals surface area contributed by atoms with Gasteiger partial charge in [0, 0.05) is 11.8 Å². The Morgan fingerprint density at radius 2 is 1.51 bits per heavy atom. The second-order valence-corrected chi connectivity index (χ2v) is 8.13. The van der Waals surface area contributed by atoms with Gasteiger partial charge >= 0.3 is 0 Å². The summed E-state index contributed by atoms with van der Waals surface area (Å²) in [5.74, 6) is 1.28. The third-order valence-corrected chi connectivity index (χ3v) is 5.97. The van der Waals surface area contributed by atoms with Crippen molar-refractivity contribution in [3.8, 4) is 17.2 Å². The molecule has 0 spiro atoms. The summed E-state index contributed by atoms with van der Waals surface area (Å²) >= 11 is 0. The van der Waals surface area contributed by atoms with Crippen LogP contribution in [0.2, 0.25) is 0 Å². The molecule has 1 heterocycles. The number of rotatable bonds is 7. The van der Waals surface area contributed by atoms with Crippen molar-refractivity contribution in [1.29, 1.82) is 0 Å². The molecule has 0 saturated carbocycles. The predicted molar refractivity (Wildman–Crippen MR) is 136 cm³/mol. The third kappa shape index (κ3) is 4.84. The Morgan fingerprint density at radius 1 is 0.857 bits per heavy atom. The zero-order valence-electron chi connectivity index (χ0n) is 20.2. The Morgan fingerprint density at radius 3 is 2.14 bits per heavy atom. The van der Waals surface area contributed by atoms with Crippen molar-refractivity contribution < 1.29 is 23.8 Å². The minimum Gasteiger partial charge on any atom is -0.497 e. The molecule has 1 aliphatic heterocycles. The number of nitrogens with zero attached hydrogens (tertiary/aromatic N) is 2. The number of methoxy groups -OCH3 is 3. The summed E-state index contributed by atoms with van der Waals surface area (Å²) in [5, 5.41) is 0. The van der Waals surface area contributed by atoms with Crippen molar-refractivity contribution in [2.24, 2.45) is 0 Å². The van der Waals surface area contributed by atoms with Gasteiger partial charge in [0.25, 0.3) is 5.91 Å². The molecule has 1 atom stereocenters. The van der Waals surface area contributed by atoms with Gasteiger partial charge in [-0.2, -0.15) is 0 Å². The number of ether oxygens (including phenoxy) is 3. The molecular formula is C28H28N2O5. The van der Waals surface area contributed by atoms with Crippen molar-refractivity contribution in [2.45, 2.75) is 13.0 Å². The summed E-state index contributed by atoms with van der Waals surface area (Å²) in [7, 11) is 4.67. The molecule has 1 fully saturated rings. The van der Waals surface area contributed by atoms with E-state index in [0.717, 1.165) is 11.1 Å². The molecule has 35 heavy (non-hydrogen) atoms. The molecule has 4 rings (SSSR count). The first-order chi connectivity index (χ1) is 17.0. The monoisotopic (exact) mass is 472 g/mol. The summed E-state index contributed by atoms with van der Waals surface area (Å²) in [4.78, 5) is 30.6. The van der Waals surface area contributed by atoms with Crippen molar-refractivity contribution in [3.05, 3.63) is 83.9 Å². The van der Waals surface area contributed by atoms with Gasteiger partial charge in [-0.3, -0.25) is 19.4 Å². The molecule has 1 saturated heterocycles. The summed E-state index contributed by atoms with van der Waals surface area (Å²) in [6, 6.07) is 21.2. The SMILES string of the molecule is COc1ccc(N2C(=O)CN(c3ccc(OC)cc3OC)C(=O)[C@H]2/C(C)=C/c2ccccc2)cc1. The van der Waals surface area contributed by atoms with E-state index in [-0.39, 0.29) is 18.4 Å². The third-order valence-electron chi connectivity index (χ3n) is 5.97. The highest BCUT2D eigenvalue weighted by atomic mass is 16.5. The van der Waals surface area contributed by atoms with Gasteiger partial charge in [-0.25, -0.2) is 0 Å². The molecule has 3 aromatic rings. The maximum absolute atomic E-state index is 14.0. The lowest BCUT2D eigenvalue weighted by molar-refractivity contribution is -0.127. The molecule has 0 unspecified atom stereocenters. The number of anilines is 2. The molecule has 0 radical (unpaired) electrons. The van der Waals surface area contributed by atoms with Gasteiger partial charge in [0.1, 0.15) is 29.8 Å². The Bertz CT molecular complexity index is 1240. The molecule has 0 aliphatic carbocycles. The molecule has 0 N–H and O–H groups in total. The van der Waals surface area contributed by atoms with Crippen molar-refractivity contribution >= 4 is 29.3 Å². The fourth-order valence-electron chi connectivity index (χ4n) is 4.23. The lowest BCUT2D eigenvalue weighted by Crippen LogP contribution is -2.61. The zero-order valence-corrected chi connectivity index (χ0v) is 20.2. The fourth-order valence-corrected chi connectivity index (χ4v) is 4.23. The first kappa shape index (κ1) is 23.9.